The maximum absolute atomic E-state index is 12.7. The van der Waals surface area contributed by atoms with Gasteiger partial charge in [-0.2, -0.15) is 0 Å². The fraction of sp³-hybridized carbons (Fsp3) is 0.944. The minimum Gasteiger partial charge on any atom is -0.378 e. The SMILES string of the molecule is COC1(C)CC(N(C)C(=O)CC(C)C2CCNCC2)C1(C)C.Cl. The van der Waals surface area contributed by atoms with Crippen LogP contribution in [-0.4, -0.2) is 49.7 Å². The smallest absolute Gasteiger partial charge is 0.222 e. The van der Waals surface area contributed by atoms with Crippen molar-refractivity contribution in [3.05, 3.63) is 0 Å². The van der Waals surface area contributed by atoms with Crippen LogP contribution in [0.4, 0.5) is 0 Å². The maximum atomic E-state index is 12.7. The number of nitrogens with one attached hydrogen (secondary N) is 1. The van der Waals surface area contributed by atoms with Gasteiger partial charge in [0.05, 0.1) is 5.60 Å². The fourth-order valence-corrected chi connectivity index (χ4v) is 4.25. The average molecular weight is 347 g/mol. The van der Waals surface area contributed by atoms with Crippen LogP contribution in [0.2, 0.25) is 0 Å². The van der Waals surface area contributed by atoms with Crippen molar-refractivity contribution in [2.45, 2.75) is 65.0 Å². The summed E-state index contributed by atoms with van der Waals surface area (Å²) in [6.45, 7) is 11.0. The highest BCUT2D eigenvalue weighted by molar-refractivity contribution is 5.85. The molecule has 1 aliphatic carbocycles. The van der Waals surface area contributed by atoms with Gasteiger partial charge in [-0.25, -0.2) is 0 Å². The van der Waals surface area contributed by atoms with Crippen LogP contribution >= 0.6 is 12.4 Å². The molecule has 1 amide bonds. The molecule has 136 valence electrons. The van der Waals surface area contributed by atoms with Gasteiger partial charge in [-0.05, 0) is 51.1 Å². The van der Waals surface area contributed by atoms with Crippen LogP contribution in [0.15, 0.2) is 0 Å². The molecule has 0 aromatic rings. The van der Waals surface area contributed by atoms with Crippen LogP contribution < -0.4 is 5.32 Å². The van der Waals surface area contributed by atoms with E-state index in [1.54, 1.807) is 7.11 Å². The number of hydrogen-bond donors (Lipinski definition) is 1. The summed E-state index contributed by atoms with van der Waals surface area (Å²) in [7, 11) is 3.75. The second-order valence-electron chi connectivity index (χ2n) is 8.15. The minimum atomic E-state index is -0.118. The molecule has 3 atom stereocenters. The van der Waals surface area contributed by atoms with Gasteiger partial charge < -0.3 is 15.0 Å². The second kappa shape index (κ2) is 7.71. The van der Waals surface area contributed by atoms with Crippen molar-refractivity contribution in [3.8, 4) is 0 Å². The zero-order valence-electron chi connectivity index (χ0n) is 15.6. The first-order valence-electron chi connectivity index (χ1n) is 8.74. The Bertz CT molecular complexity index is 410. The van der Waals surface area contributed by atoms with E-state index in [9.17, 15) is 4.79 Å². The highest BCUT2D eigenvalue weighted by Gasteiger charge is 2.59. The summed E-state index contributed by atoms with van der Waals surface area (Å²) in [4.78, 5) is 14.7. The van der Waals surface area contributed by atoms with Crippen LogP contribution in [0.5, 0.6) is 0 Å². The van der Waals surface area contributed by atoms with Crippen LogP contribution in [0, 0.1) is 17.3 Å². The monoisotopic (exact) mass is 346 g/mol. The van der Waals surface area contributed by atoms with Gasteiger partial charge in [0.15, 0.2) is 0 Å². The van der Waals surface area contributed by atoms with Gasteiger partial charge in [-0.3, -0.25) is 4.79 Å². The molecule has 1 N–H and O–H groups in total. The topological polar surface area (TPSA) is 41.6 Å². The summed E-state index contributed by atoms with van der Waals surface area (Å²) in [5.41, 5.74) is -0.114. The largest absolute Gasteiger partial charge is 0.378 e. The van der Waals surface area contributed by atoms with Crippen LogP contribution in [-0.2, 0) is 9.53 Å². The molecule has 0 aromatic heterocycles. The molecule has 2 rings (SSSR count). The number of halogens is 1. The molecule has 0 aromatic carbocycles. The molecule has 0 bridgehead atoms. The summed E-state index contributed by atoms with van der Waals surface area (Å²) in [6.07, 6.45) is 4.02. The van der Waals surface area contributed by atoms with Crippen molar-refractivity contribution in [3.63, 3.8) is 0 Å². The van der Waals surface area contributed by atoms with E-state index in [0.717, 1.165) is 19.5 Å². The predicted molar refractivity (Wildman–Crippen MR) is 97.0 cm³/mol. The summed E-state index contributed by atoms with van der Waals surface area (Å²) >= 11 is 0. The highest BCUT2D eigenvalue weighted by atomic mass is 35.5. The van der Waals surface area contributed by atoms with E-state index < -0.39 is 0 Å². The minimum absolute atomic E-state index is 0. The molecule has 1 saturated heterocycles. The van der Waals surface area contributed by atoms with Gasteiger partial charge >= 0.3 is 0 Å². The van der Waals surface area contributed by atoms with Crippen molar-refractivity contribution in [1.29, 1.82) is 0 Å². The molecule has 1 aliphatic heterocycles. The lowest BCUT2D eigenvalue weighted by Gasteiger charge is -2.61. The lowest BCUT2D eigenvalue weighted by molar-refractivity contribution is -0.207. The third-order valence-corrected chi connectivity index (χ3v) is 6.78. The molecule has 0 radical (unpaired) electrons. The number of methoxy groups -OCH3 is 1. The summed E-state index contributed by atoms with van der Waals surface area (Å²) in [6, 6.07) is 0.283. The van der Waals surface area contributed by atoms with E-state index in [1.807, 2.05) is 11.9 Å². The first kappa shape index (κ1) is 20.7. The van der Waals surface area contributed by atoms with Gasteiger partial charge in [-0.15, -0.1) is 12.4 Å². The Labute approximate surface area is 148 Å². The highest BCUT2D eigenvalue weighted by Crippen LogP contribution is 2.53. The van der Waals surface area contributed by atoms with Crippen molar-refractivity contribution in [2.24, 2.45) is 17.3 Å². The first-order valence-corrected chi connectivity index (χ1v) is 8.74. The average Bonchev–Trinajstić information content (AvgIpc) is 2.52. The molecule has 2 fully saturated rings. The normalized spacial score (nSPS) is 31.7. The van der Waals surface area contributed by atoms with Crippen molar-refractivity contribution < 1.29 is 9.53 Å². The van der Waals surface area contributed by atoms with Crippen LogP contribution in [0.3, 0.4) is 0 Å². The third-order valence-electron chi connectivity index (χ3n) is 6.78. The fourth-order valence-electron chi connectivity index (χ4n) is 4.25. The molecule has 3 unspecified atom stereocenters. The summed E-state index contributed by atoms with van der Waals surface area (Å²) in [5, 5.41) is 3.40. The zero-order chi connectivity index (χ0) is 16.5. The number of nitrogens with zero attached hydrogens (tertiary/aromatic N) is 1. The number of rotatable bonds is 5. The Morgan fingerprint density at radius 1 is 1.30 bits per heavy atom. The second-order valence-corrected chi connectivity index (χ2v) is 8.15. The van der Waals surface area contributed by atoms with Gasteiger partial charge in [0.25, 0.3) is 0 Å². The molecule has 1 saturated carbocycles. The molecule has 4 nitrogen and oxygen atoms in total. The van der Waals surface area contributed by atoms with Crippen molar-refractivity contribution >= 4 is 18.3 Å². The number of amides is 1. The quantitative estimate of drug-likeness (QED) is 0.831. The van der Waals surface area contributed by atoms with E-state index in [1.165, 1.54) is 12.8 Å². The Balaban J connectivity index is 0.00000264. The van der Waals surface area contributed by atoms with E-state index in [4.69, 9.17) is 4.74 Å². The van der Waals surface area contributed by atoms with E-state index in [-0.39, 0.29) is 29.5 Å². The molecule has 2 aliphatic rings. The van der Waals surface area contributed by atoms with Crippen LogP contribution in [0.1, 0.15) is 53.4 Å². The van der Waals surface area contributed by atoms with Gasteiger partial charge in [0.2, 0.25) is 5.91 Å². The summed E-state index contributed by atoms with van der Waals surface area (Å²) < 4.78 is 5.68. The number of carbonyl (C=O) groups excluding carboxylic acids is 1. The Kier molecular flexibility index (Phi) is 6.95. The standard InChI is InChI=1S/C18H34N2O2.ClH/c1-13(14-7-9-19-10-8-14)11-16(21)20(5)15-12-18(4,22-6)17(15,2)3;/h13-15,19H,7-12H2,1-6H3;1H. The number of ether oxygens (including phenoxy) is 1. The Morgan fingerprint density at radius 3 is 2.35 bits per heavy atom. The Hall–Kier alpha value is -0.320. The number of piperidine rings is 1. The molecular formula is C18H35ClN2O2. The molecule has 1 heterocycles. The summed E-state index contributed by atoms with van der Waals surface area (Å²) in [5.74, 6) is 1.47. The van der Waals surface area contributed by atoms with Crippen molar-refractivity contribution in [2.75, 3.05) is 27.2 Å². The number of carbonyl (C=O) groups is 1. The zero-order valence-corrected chi connectivity index (χ0v) is 16.5. The van der Waals surface area contributed by atoms with Gasteiger partial charge in [0, 0.05) is 32.0 Å². The predicted octanol–water partition coefficient (Wildman–Crippen LogP) is 3.10. The lowest BCUT2D eigenvalue weighted by Crippen LogP contribution is -2.68. The third kappa shape index (κ3) is 3.85. The molecule has 23 heavy (non-hydrogen) atoms. The van der Waals surface area contributed by atoms with E-state index >= 15 is 0 Å². The Morgan fingerprint density at radius 2 is 1.87 bits per heavy atom. The maximum Gasteiger partial charge on any atom is 0.222 e. The molecule has 5 heteroatoms. The first-order chi connectivity index (χ1) is 10.2. The van der Waals surface area contributed by atoms with Crippen molar-refractivity contribution in [1.82, 2.24) is 10.2 Å². The molecular weight excluding hydrogens is 312 g/mol. The number of hydrogen-bond acceptors (Lipinski definition) is 3. The van der Waals surface area contributed by atoms with E-state index in [2.05, 4.69) is 33.0 Å². The molecule has 0 spiro atoms. The lowest BCUT2D eigenvalue weighted by atomic mass is 9.55. The van der Waals surface area contributed by atoms with Gasteiger partial charge in [0.1, 0.15) is 0 Å². The van der Waals surface area contributed by atoms with E-state index in [0.29, 0.717) is 24.2 Å². The van der Waals surface area contributed by atoms with Crippen LogP contribution in [0.25, 0.3) is 0 Å². The van der Waals surface area contributed by atoms with Gasteiger partial charge in [-0.1, -0.05) is 20.8 Å².